The summed E-state index contributed by atoms with van der Waals surface area (Å²) in [4.78, 5) is 0. The zero-order valence-electron chi connectivity index (χ0n) is 9.54. The number of aliphatic hydroxyl groups excluding tert-OH is 1. The summed E-state index contributed by atoms with van der Waals surface area (Å²) in [6.45, 7) is 1.02. The van der Waals surface area contributed by atoms with Gasteiger partial charge in [-0.15, -0.1) is 0 Å². The van der Waals surface area contributed by atoms with Crippen molar-refractivity contribution in [2.75, 3.05) is 5.75 Å². The molecule has 1 N–H and O–H groups in total. The Bertz CT molecular complexity index is 473. The molecule has 10 heteroatoms. The van der Waals surface area contributed by atoms with E-state index in [-0.39, 0.29) is 6.61 Å². The van der Waals surface area contributed by atoms with Crippen LogP contribution in [0.5, 0.6) is 0 Å². The van der Waals surface area contributed by atoms with Crippen molar-refractivity contribution in [3.05, 3.63) is 30.1 Å². The molecule has 1 aromatic rings. The second-order valence-corrected chi connectivity index (χ2v) is 5.04. The summed E-state index contributed by atoms with van der Waals surface area (Å²) in [6.07, 6.45) is 3.89. The smallest absolute Gasteiger partial charge is 0.485 e. The van der Waals surface area contributed by atoms with Gasteiger partial charge in [-0.2, -0.15) is 25.8 Å². The maximum absolute atomic E-state index is 10.7. The first kappa shape index (κ1) is 18.2. The number of rotatable bonds is 3. The summed E-state index contributed by atoms with van der Waals surface area (Å²) >= 11 is 4.11. The standard InChI is InChI=1S/C8H11NOS.CHF3O3S/c10-7-8-1-3-9(4-2-8)5-6-11;2-1(3,4)8(5,6)7/h1-4,10H,5-7H2;(H,5,6,7). The van der Waals surface area contributed by atoms with Gasteiger partial charge in [-0.3, -0.25) is 0 Å². The van der Waals surface area contributed by atoms with E-state index in [1.165, 1.54) is 0 Å². The van der Waals surface area contributed by atoms with Crippen molar-refractivity contribution in [3.63, 3.8) is 0 Å². The van der Waals surface area contributed by atoms with E-state index in [0.29, 0.717) is 0 Å². The highest BCUT2D eigenvalue weighted by molar-refractivity contribution is 7.86. The molecular weight excluding hydrogens is 307 g/mol. The van der Waals surface area contributed by atoms with Crippen molar-refractivity contribution in [1.82, 2.24) is 0 Å². The summed E-state index contributed by atoms with van der Waals surface area (Å²) in [7, 11) is -6.09. The van der Waals surface area contributed by atoms with Crippen LogP contribution in [0.25, 0.3) is 0 Å². The molecule has 0 unspecified atom stereocenters. The van der Waals surface area contributed by atoms with E-state index in [1.807, 2.05) is 29.1 Å². The molecule has 1 heterocycles. The highest BCUT2D eigenvalue weighted by Crippen LogP contribution is 2.20. The van der Waals surface area contributed by atoms with Gasteiger partial charge in [0.2, 0.25) is 0 Å². The summed E-state index contributed by atoms with van der Waals surface area (Å²) in [5.41, 5.74) is -4.70. The van der Waals surface area contributed by atoms with Gasteiger partial charge in [0.1, 0.15) is 0 Å². The topological polar surface area (TPSA) is 81.3 Å². The Kier molecular flexibility index (Phi) is 7.34. The SMILES string of the molecule is O=S(=O)([O-])C(F)(F)F.OCc1cc[n+](CCS)cc1. The number of aryl methyl sites for hydroxylation is 1. The van der Waals surface area contributed by atoms with Crippen molar-refractivity contribution in [2.45, 2.75) is 18.7 Å². The van der Waals surface area contributed by atoms with Gasteiger partial charge < -0.3 is 9.66 Å². The van der Waals surface area contributed by atoms with Gasteiger partial charge in [0.15, 0.2) is 29.1 Å². The molecule has 0 radical (unpaired) electrons. The fourth-order valence-electron chi connectivity index (χ4n) is 0.858. The lowest BCUT2D eigenvalue weighted by atomic mass is 10.3. The second kappa shape index (κ2) is 7.68. The normalized spacial score (nSPS) is 11.7. The molecule has 0 atom stereocenters. The van der Waals surface area contributed by atoms with Crippen LogP contribution in [0.1, 0.15) is 5.56 Å². The Morgan fingerprint density at radius 3 is 2.00 bits per heavy atom. The minimum Gasteiger partial charge on any atom is -0.741 e. The third-order valence-corrected chi connectivity index (χ3v) is 2.55. The number of aromatic nitrogens is 1. The van der Waals surface area contributed by atoms with E-state index < -0.39 is 15.6 Å². The van der Waals surface area contributed by atoms with Gasteiger partial charge in [0, 0.05) is 17.9 Å². The largest absolute Gasteiger partial charge is 0.741 e. The third-order valence-electron chi connectivity index (χ3n) is 1.78. The maximum Gasteiger partial charge on any atom is 0.485 e. The van der Waals surface area contributed by atoms with Gasteiger partial charge >= 0.3 is 5.51 Å². The van der Waals surface area contributed by atoms with E-state index in [9.17, 15) is 13.2 Å². The third kappa shape index (κ3) is 7.35. The van der Waals surface area contributed by atoms with Crippen LogP contribution in [0.15, 0.2) is 24.5 Å². The van der Waals surface area contributed by atoms with Crippen LogP contribution in [-0.4, -0.2) is 29.3 Å². The molecule has 0 saturated heterocycles. The van der Waals surface area contributed by atoms with Crippen LogP contribution < -0.4 is 4.57 Å². The number of aliphatic hydroxyl groups is 1. The molecule has 0 bridgehead atoms. The first-order chi connectivity index (χ1) is 8.61. The van der Waals surface area contributed by atoms with Crippen LogP contribution >= 0.6 is 12.6 Å². The second-order valence-electron chi connectivity index (χ2n) is 3.23. The van der Waals surface area contributed by atoms with Gasteiger partial charge in [0.25, 0.3) is 0 Å². The zero-order valence-corrected chi connectivity index (χ0v) is 11.3. The van der Waals surface area contributed by atoms with Crippen LogP contribution in [-0.2, 0) is 23.3 Å². The first-order valence-corrected chi connectivity index (χ1v) is 6.87. The lowest BCUT2D eigenvalue weighted by Crippen LogP contribution is -2.33. The average Bonchev–Trinajstić information content (AvgIpc) is 2.29. The average molecular weight is 319 g/mol. The molecule has 0 aliphatic carbocycles. The molecule has 19 heavy (non-hydrogen) atoms. The monoisotopic (exact) mass is 319 g/mol. The summed E-state index contributed by atoms with van der Waals surface area (Å²) in [5, 5.41) is 8.73. The van der Waals surface area contributed by atoms with Gasteiger partial charge in [0.05, 0.1) is 6.61 Å². The number of halogens is 3. The highest BCUT2D eigenvalue weighted by Gasteiger charge is 2.36. The van der Waals surface area contributed by atoms with Crippen LogP contribution in [0.2, 0.25) is 0 Å². The molecule has 0 aliphatic heterocycles. The lowest BCUT2D eigenvalue weighted by molar-refractivity contribution is -0.692. The van der Waals surface area contributed by atoms with E-state index in [2.05, 4.69) is 12.6 Å². The van der Waals surface area contributed by atoms with Crippen molar-refractivity contribution in [3.8, 4) is 0 Å². The fourth-order valence-corrected chi connectivity index (χ4v) is 1.09. The summed E-state index contributed by atoms with van der Waals surface area (Å²) < 4.78 is 60.9. The summed E-state index contributed by atoms with van der Waals surface area (Å²) in [5.74, 6) is 0.836. The highest BCUT2D eigenvalue weighted by atomic mass is 32.2. The Hall–Kier alpha value is -0.840. The Morgan fingerprint density at radius 2 is 1.74 bits per heavy atom. The number of alkyl halides is 3. The van der Waals surface area contributed by atoms with Crippen LogP contribution in [0.3, 0.4) is 0 Å². The number of pyridine rings is 1. The minimum absolute atomic E-state index is 0.113. The number of nitrogens with zero attached hydrogens (tertiary/aromatic N) is 1. The van der Waals surface area contributed by atoms with Crippen molar-refractivity contribution in [2.24, 2.45) is 0 Å². The van der Waals surface area contributed by atoms with E-state index in [1.54, 1.807) is 0 Å². The molecule has 0 amide bonds. The van der Waals surface area contributed by atoms with E-state index in [0.717, 1.165) is 17.9 Å². The number of thiol groups is 1. The van der Waals surface area contributed by atoms with Gasteiger partial charge in [-0.25, -0.2) is 13.0 Å². The fraction of sp³-hybridized carbons (Fsp3) is 0.444. The molecule has 1 aromatic heterocycles. The Morgan fingerprint density at radius 1 is 1.32 bits per heavy atom. The number of hydrogen-bond acceptors (Lipinski definition) is 5. The molecule has 0 spiro atoms. The zero-order chi connectivity index (χ0) is 15.1. The Balaban J connectivity index is 0.000000362. The summed E-state index contributed by atoms with van der Waals surface area (Å²) in [6, 6.07) is 3.81. The molecule has 110 valence electrons. The Labute approximate surface area is 113 Å². The number of hydrogen-bond donors (Lipinski definition) is 2. The van der Waals surface area contributed by atoms with Gasteiger partial charge in [-0.05, 0) is 5.56 Å². The molecule has 5 nitrogen and oxygen atoms in total. The molecular formula is C9H12F3NO4S2. The molecule has 0 aromatic carbocycles. The molecule has 0 fully saturated rings. The predicted octanol–water partition coefficient (Wildman–Crippen LogP) is 0.448. The first-order valence-electron chi connectivity index (χ1n) is 4.83. The van der Waals surface area contributed by atoms with Crippen LogP contribution in [0.4, 0.5) is 13.2 Å². The molecule has 0 saturated carbocycles. The molecule has 1 rings (SSSR count). The van der Waals surface area contributed by atoms with E-state index >= 15 is 0 Å². The predicted molar refractivity (Wildman–Crippen MR) is 62.2 cm³/mol. The van der Waals surface area contributed by atoms with Gasteiger partial charge in [-0.1, -0.05) is 0 Å². The van der Waals surface area contributed by atoms with E-state index in [4.69, 9.17) is 18.1 Å². The molecule has 0 aliphatic rings. The van der Waals surface area contributed by atoms with Crippen LogP contribution in [0, 0.1) is 0 Å². The van der Waals surface area contributed by atoms with Crippen molar-refractivity contribution in [1.29, 1.82) is 0 Å². The van der Waals surface area contributed by atoms with Crippen molar-refractivity contribution >= 4 is 22.7 Å². The lowest BCUT2D eigenvalue weighted by Gasteiger charge is -2.08. The maximum atomic E-state index is 10.7. The van der Waals surface area contributed by atoms with Crippen molar-refractivity contribution < 1.29 is 35.8 Å². The quantitative estimate of drug-likeness (QED) is 0.367. The minimum atomic E-state index is -6.09.